The monoisotopic (exact) mass is 364 g/mol. The Labute approximate surface area is 145 Å². The van der Waals surface area contributed by atoms with Crippen molar-refractivity contribution in [1.29, 1.82) is 0 Å². The molecule has 3 aromatic rings. The second-order valence-electron chi connectivity index (χ2n) is 5.47. The lowest BCUT2D eigenvalue weighted by Gasteiger charge is -2.10. The Morgan fingerprint density at radius 1 is 1.36 bits per heavy atom. The maximum absolute atomic E-state index is 12.5. The number of carboxylic acid groups (broad SMARTS) is 1. The van der Waals surface area contributed by atoms with E-state index >= 15 is 0 Å². The van der Waals surface area contributed by atoms with Gasteiger partial charge in [0.1, 0.15) is 6.54 Å². The van der Waals surface area contributed by atoms with Crippen LogP contribution in [0.25, 0.3) is 16.7 Å². The maximum atomic E-state index is 12.5. The molecule has 0 aliphatic carbocycles. The molecular formula is C15H13ClN4O5. The van der Waals surface area contributed by atoms with Gasteiger partial charge in [-0.25, -0.2) is 14.2 Å². The third kappa shape index (κ3) is 2.58. The minimum Gasteiger partial charge on any atom is -0.504 e. The topological polar surface area (TPSA) is 126 Å². The number of carbonyl (C=O) groups excluding carboxylic acids is 1. The summed E-state index contributed by atoms with van der Waals surface area (Å²) < 4.78 is 2.48. The molecule has 10 heteroatoms. The highest BCUT2D eigenvalue weighted by Crippen LogP contribution is 2.28. The summed E-state index contributed by atoms with van der Waals surface area (Å²) in [5.74, 6) is -2.90. The number of halogens is 1. The van der Waals surface area contributed by atoms with Crippen molar-refractivity contribution in [1.82, 2.24) is 19.5 Å². The zero-order valence-electron chi connectivity index (χ0n) is 13.2. The Balaban J connectivity index is 2.32. The van der Waals surface area contributed by atoms with Gasteiger partial charge in [-0.05, 0) is 24.6 Å². The molecule has 0 saturated carbocycles. The summed E-state index contributed by atoms with van der Waals surface area (Å²) in [7, 11) is 1.41. The van der Waals surface area contributed by atoms with Gasteiger partial charge < -0.3 is 15.5 Å². The van der Waals surface area contributed by atoms with Gasteiger partial charge in [0.15, 0.2) is 17.0 Å². The number of nitrogens with one attached hydrogen (secondary N) is 1. The standard InChI is InChI=1S/C15H13ClN4O5/c1-6-3-9-8(4-7(6)16)18-13-12(23)11(14(24)17-5-10(21)22)15(25)19(2)20(9)13/h3-4,23H,5H2,1-2H3,(H,17,24)(H,21,22). The Morgan fingerprint density at radius 3 is 2.68 bits per heavy atom. The van der Waals surface area contributed by atoms with Crippen LogP contribution in [0.1, 0.15) is 15.9 Å². The Morgan fingerprint density at radius 2 is 2.04 bits per heavy atom. The van der Waals surface area contributed by atoms with E-state index in [2.05, 4.69) is 10.3 Å². The van der Waals surface area contributed by atoms with Gasteiger partial charge >= 0.3 is 5.97 Å². The van der Waals surface area contributed by atoms with E-state index in [1.807, 2.05) is 0 Å². The predicted octanol–water partition coefficient (Wildman–Crippen LogP) is 0.668. The van der Waals surface area contributed by atoms with Crippen molar-refractivity contribution in [3.63, 3.8) is 0 Å². The number of hydrogen-bond acceptors (Lipinski definition) is 5. The van der Waals surface area contributed by atoms with Gasteiger partial charge in [0.2, 0.25) is 0 Å². The van der Waals surface area contributed by atoms with Crippen LogP contribution in [0.15, 0.2) is 16.9 Å². The first kappa shape index (κ1) is 16.8. The van der Waals surface area contributed by atoms with Gasteiger partial charge in [0.05, 0.1) is 11.0 Å². The highest BCUT2D eigenvalue weighted by atomic mass is 35.5. The SMILES string of the molecule is Cc1cc2c(cc1Cl)nc1c(O)c(C(=O)NCC(=O)O)c(=O)n(C)n12. The number of rotatable bonds is 3. The molecule has 3 N–H and O–H groups in total. The van der Waals surface area contributed by atoms with Crippen molar-refractivity contribution in [3.8, 4) is 5.75 Å². The largest absolute Gasteiger partial charge is 0.504 e. The van der Waals surface area contributed by atoms with Crippen LogP contribution < -0.4 is 10.9 Å². The smallest absolute Gasteiger partial charge is 0.322 e. The van der Waals surface area contributed by atoms with Gasteiger partial charge in [0.25, 0.3) is 11.5 Å². The normalized spacial score (nSPS) is 11.2. The summed E-state index contributed by atoms with van der Waals surface area (Å²) in [6, 6.07) is 3.30. The number of imidazole rings is 1. The minimum absolute atomic E-state index is 0.0146. The van der Waals surface area contributed by atoms with Gasteiger partial charge in [-0.3, -0.25) is 14.4 Å². The maximum Gasteiger partial charge on any atom is 0.322 e. The summed E-state index contributed by atoms with van der Waals surface area (Å²) >= 11 is 6.08. The molecule has 0 unspecified atom stereocenters. The molecule has 0 fully saturated rings. The third-order valence-electron chi connectivity index (χ3n) is 3.79. The number of aromatic hydroxyl groups is 1. The van der Waals surface area contributed by atoms with E-state index in [1.54, 1.807) is 19.1 Å². The van der Waals surface area contributed by atoms with Crippen LogP contribution >= 0.6 is 11.6 Å². The number of hydrogen-bond donors (Lipinski definition) is 3. The number of amides is 1. The number of fused-ring (bicyclic) bond motifs is 3. The highest BCUT2D eigenvalue weighted by Gasteiger charge is 2.24. The van der Waals surface area contributed by atoms with Gasteiger partial charge in [-0.2, -0.15) is 0 Å². The molecule has 0 bridgehead atoms. The molecule has 0 atom stereocenters. The minimum atomic E-state index is -1.28. The van der Waals surface area contributed by atoms with Crippen molar-refractivity contribution in [2.75, 3.05) is 6.54 Å². The highest BCUT2D eigenvalue weighted by molar-refractivity contribution is 6.32. The molecule has 1 aromatic carbocycles. The lowest BCUT2D eigenvalue weighted by Crippen LogP contribution is -2.36. The van der Waals surface area contributed by atoms with Gasteiger partial charge in [-0.15, -0.1) is 0 Å². The summed E-state index contributed by atoms with van der Waals surface area (Å²) in [4.78, 5) is 39.4. The lowest BCUT2D eigenvalue weighted by molar-refractivity contribution is -0.135. The number of aromatic nitrogens is 3. The number of nitrogens with zero attached hydrogens (tertiary/aromatic N) is 3. The molecule has 0 spiro atoms. The van der Waals surface area contributed by atoms with E-state index in [1.165, 1.54) is 11.6 Å². The van der Waals surface area contributed by atoms with Crippen LogP contribution in [-0.2, 0) is 11.8 Å². The molecule has 0 aliphatic heterocycles. The second-order valence-corrected chi connectivity index (χ2v) is 5.87. The van der Waals surface area contributed by atoms with Crippen LogP contribution in [0.3, 0.4) is 0 Å². The summed E-state index contributed by atoms with van der Waals surface area (Å²) in [5, 5.41) is 21.6. The van der Waals surface area contributed by atoms with Crippen molar-refractivity contribution in [2.24, 2.45) is 7.05 Å². The predicted molar refractivity (Wildman–Crippen MR) is 89.3 cm³/mol. The fourth-order valence-corrected chi connectivity index (χ4v) is 2.72. The molecule has 2 aromatic heterocycles. The van der Waals surface area contributed by atoms with Crippen molar-refractivity contribution in [2.45, 2.75) is 6.92 Å². The Bertz CT molecular complexity index is 1110. The summed E-state index contributed by atoms with van der Waals surface area (Å²) in [6.07, 6.45) is 0. The van der Waals surface area contributed by atoms with Gasteiger partial charge in [0, 0.05) is 12.1 Å². The number of benzene rings is 1. The van der Waals surface area contributed by atoms with E-state index in [9.17, 15) is 19.5 Å². The second kappa shape index (κ2) is 5.78. The van der Waals surface area contributed by atoms with Crippen LogP contribution in [0.4, 0.5) is 0 Å². The van der Waals surface area contributed by atoms with Crippen molar-refractivity contribution in [3.05, 3.63) is 38.6 Å². The molecule has 25 heavy (non-hydrogen) atoms. The third-order valence-corrected chi connectivity index (χ3v) is 4.20. The molecule has 0 saturated heterocycles. The Kier molecular flexibility index (Phi) is 3.88. The van der Waals surface area contributed by atoms with E-state index in [0.717, 1.165) is 10.2 Å². The van der Waals surface area contributed by atoms with E-state index in [0.29, 0.717) is 16.1 Å². The zero-order valence-corrected chi connectivity index (χ0v) is 14.0. The van der Waals surface area contributed by atoms with Crippen molar-refractivity contribution < 1.29 is 19.8 Å². The first-order chi connectivity index (χ1) is 11.7. The number of carboxylic acids is 1. The zero-order chi connectivity index (χ0) is 18.5. The summed E-state index contributed by atoms with van der Waals surface area (Å²) in [6.45, 7) is 1.10. The van der Waals surface area contributed by atoms with E-state index in [-0.39, 0.29) is 5.65 Å². The summed E-state index contributed by atoms with van der Waals surface area (Å²) in [5.41, 5.74) is 0.341. The van der Waals surface area contributed by atoms with Gasteiger partial charge in [-0.1, -0.05) is 11.6 Å². The molecule has 9 nitrogen and oxygen atoms in total. The molecule has 130 valence electrons. The number of carbonyl (C=O) groups is 2. The fourth-order valence-electron chi connectivity index (χ4n) is 2.56. The quantitative estimate of drug-likeness (QED) is 0.627. The van der Waals surface area contributed by atoms with E-state index in [4.69, 9.17) is 16.7 Å². The van der Waals surface area contributed by atoms with Crippen LogP contribution in [0, 0.1) is 6.92 Å². The Hall–Kier alpha value is -3.07. The first-order valence-electron chi connectivity index (χ1n) is 7.13. The first-order valence-corrected chi connectivity index (χ1v) is 7.50. The molecule has 0 radical (unpaired) electrons. The van der Waals surface area contributed by atoms with Crippen LogP contribution in [0.2, 0.25) is 5.02 Å². The molecule has 2 heterocycles. The fraction of sp³-hybridized carbons (Fsp3) is 0.200. The molecular weight excluding hydrogens is 352 g/mol. The molecule has 1 amide bonds. The average Bonchev–Trinajstić information content (AvgIpc) is 2.90. The number of aliphatic carboxylic acids is 1. The molecule has 0 aliphatic rings. The molecule has 3 rings (SSSR count). The van der Waals surface area contributed by atoms with E-state index < -0.39 is 35.3 Å². The lowest BCUT2D eigenvalue weighted by atomic mass is 10.2. The number of aryl methyl sites for hydroxylation is 2. The van der Waals surface area contributed by atoms with Crippen LogP contribution in [-0.4, -0.2) is 42.8 Å². The van der Waals surface area contributed by atoms with Crippen LogP contribution in [0.5, 0.6) is 5.75 Å². The van der Waals surface area contributed by atoms with Crippen molar-refractivity contribution >= 4 is 40.2 Å². The average molecular weight is 365 g/mol.